The SMILES string of the molecule is O=C(CC1CCCCC1)N(C[C@H]1CC=CCC1)C[C@@H]1COc2ccccc2O1. The smallest absolute Gasteiger partial charge is 0.222 e. The van der Waals surface area contributed by atoms with Crippen molar-refractivity contribution in [2.45, 2.75) is 63.9 Å². The number of hydrogen-bond donors (Lipinski definition) is 0. The Labute approximate surface area is 168 Å². The van der Waals surface area contributed by atoms with Gasteiger partial charge in [-0.25, -0.2) is 0 Å². The van der Waals surface area contributed by atoms with E-state index in [4.69, 9.17) is 9.47 Å². The van der Waals surface area contributed by atoms with Gasteiger partial charge in [0.15, 0.2) is 17.6 Å². The van der Waals surface area contributed by atoms with E-state index in [1.54, 1.807) is 0 Å². The molecule has 28 heavy (non-hydrogen) atoms. The third-order valence-electron chi connectivity index (χ3n) is 6.39. The van der Waals surface area contributed by atoms with Gasteiger partial charge in [0.05, 0.1) is 6.54 Å². The zero-order chi connectivity index (χ0) is 19.2. The molecule has 1 aromatic carbocycles. The van der Waals surface area contributed by atoms with Gasteiger partial charge in [0.25, 0.3) is 0 Å². The highest BCUT2D eigenvalue weighted by atomic mass is 16.6. The Kier molecular flexibility index (Phi) is 6.56. The second-order valence-corrected chi connectivity index (χ2v) is 8.65. The number of benzene rings is 1. The number of hydrogen-bond acceptors (Lipinski definition) is 3. The number of rotatable bonds is 6. The molecule has 4 nitrogen and oxygen atoms in total. The van der Waals surface area contributed by atoms with Gasteiger partial charge in [-0.15, -0.1) is 0 Å². The van der Waals surface area contributed by atoms with Gasteiger partial charge in [-0.3, -0.25) is 4.79 Å². The summed E-state index contributed by atoms with van der Waals surface area (Å²) in [4.78, 5) is 15.3. The zero-order valence-electron chi connectivity index (χ0n) is 16.9. The highest BCUT2D eigenvalue weighted by Gasteiger charge is 2.28. The van der Waals surface area contributed by atoms with Crippen molar-refractivity contribution < 1.29 is 14.3 Å². The Hall–Kier alpha value is -1.97. The molecule has 1 aromatic rings. The summed E-state index contributed by atoms with van der Waals surface area (Å²) in [5.41, 5.74) is 0. The number of fused-ring (bicyclic) bond motifs is 1. The summed E-state index contributed by atoms with van der Waals surface area (Å²) < 4.78 is 12.0. The minimum atomic E-state index is -0.0932. The Morgan fingerprint density at radius 2 is 1.79 bits per heavy atom. The van der Waals surface area contributed by atoms with E-state index in [2.05, 4.69) is 17.1 Å². The predicted octanol–water partition coefficient (Wildman–Crippen LogP) is 4.98. The van der Waals surface area contributed by atoms with Crippen molar-refractivity contribution in [3.63, 3.8) is 0 Å². The molecule has 1 heterocycles. The lowest BCUT2D eigenvalue weighted by Crippen LogP contribution is -2.46. The van der Waals surface area contributed by atoms with Crippen LogP contribution in [0.2, 0.25) is 0 Å². The van der Waals surface area contributed by atoms with Crippen LogP contribution in [-0.2, 0) is 4.79 Å². The quantitative estimate of drug-likeness (QED) is 0.650. The van der Waals surface area contributed by atoms with Crippen LogP contribution < -0.4 is 9.47 Å². The van der Waals surface area contributed by atoms with Gasteiger partial charge in [-0.2, -0.15) is 0 Å². The average molecular weight is 384 g/mol. The van der Waals surface area contributed by atoms with Crippen molar-refractivity contribution in [3.8, 4) is 11.5 Å². The van der Waals surface area contributed by atoms with E-state index in [9.17, 15) is 4.79 Å². The number of allylic oxidation sites excluding steroid dienone is 2. The fraction of sp³-hybridized carbons (Fsp3) is 0.625. The molecule has 2 aliphatic carbocycles. The molecule has 0 N–H and O–H groups in total. The Morgan fingerprint density at radius 3 is 2.57 bits per heavy atom. The molecule has 1 fully saturated rings. The van der Waals surface area contributed by atoms with Gasteiger partial charge in [-0.05, 0) is 56.1 Å². The van der Waals surface area contributed by atoms with Gasteiger partial charge in [0.1, 0.15) is 6.61 Å². The summed E-state index contributed by atoms with van der Waals surface area (Å²) in [6, 6.07) is 7.80. The molecular formula is C24H33NO3. The van der Waals surface area contributed by atoms with E-state index in [0.717, 1.165) is 30.9 Å². The first-order chi connectivity index (χ1) is 13.8. The van der Waals surface area contributed by atoms with Gasteiger partial charge in [0, 0.05) is 13.0 Å². The van der Waals surface area contributed by atoms with Crippen LogP contribution in [0.3, 0.4) is 0 Å². The summed E-state index contributed by atoms with van der Waals surface area (Å²) in [6.07, 6.45) is 14.8. The van der Waals surface area contributed by atoms with Crippen molar-refractivity contribution in [2.24, 2.45) is 11.8 Å². The highest BCUT2D eigenvalue weighted by molar-refractivity contribution is 5.76. The van der Waals surface area contributed by atoms with Gasteiger partial charge in [0.2, 0.25) is 5.91 Å². The largest absolute Gasteiger partial charge is 0.486 e. The number of ether oxygens (including phenoxy) is 2. The molecule has 4 heteroatoms. The summed E-state index contributed by atoms with van der Waals surface area (Å²) in [5.74, 6) is 3.04. The maximum Gasteiger partial charge on any atom is 0.222 e. The minimum absolute atomic E-state index is 0.0932. The molecule has 0 aromatic heterocycles. The second-order valence-electron chi connectivity index (χ2n) is 8.65. The van der Waals surface area contributed by atoms with Gasteiger partial charge >= 0.3 is 0 Å². The number of para-hydroxylation sites is 2. The Balaban J connectivity index is 1.40. The van der Waals surface area contributed by atoms with E-state index in [1.807, 2.05) is 24.3 Å². The lowest BCUT2D eigenvalue weighted by molar-refractivity contribution is -0.134. The van der Waals surface area contributed by atoms with Crippen LogP contribution in [0.25, 0.3) is 0 Å². The minimum Gasteiger partial charge on any atom is -0.486 e. The summed E-state index contributed by atoms with van der Waals surface area (Å²) in [6.45, 7) is 1.98. The second kappa shape index (κ2) is 9.49. The normalized spacial score (nSPS) is 24.7. The molecule has 0 radical (unpaired) electrons. The molecular weight excluding hydrogens is 350 g/mol. The van der Waals surface area contributed by atoms with Crippen LogP contribution in [-0.4, -0.2) is 36.6 Å². The van der Waals surface area contributed by atoms with Crippen molar-refractivity contribution in [2.75, 3.05) is 19.7 Å². The molecule has 0 spiro atoms. The van der Waals surface area contributed by atoms with Crippen LogP contribution in [0.5, 0.6) is 11.5 Å². The molecule has 1 aliphatic heterocycles. The van der Waals surface area contributed by atoms with Crippen LogP contribution in [0.15, 0.2) is 36.4 Å². The molecule has 0 saturated heterocycles. The number of amides is 1. The molecule has 4 rings (SSSR count). The zero-order valence-corrected chi connectivity index (χ0v) is 16.9. The molecule has 152 valence electrons. The fourth-order valence-corrected chi connectivity index (χ4v) is 4.78. The topological polar surface area (TPSA) is 38.8 Å². The maximum absolute atomic E-state index is 13.2. The lowest BCUT2D eigenvalue weighted by atomic mass is 9.86. The summed E-state index contributed by atoms with van der Waals surface area (Å²) in [5, 5.41) is 0. The van der Waals surface area contributed by atoms with Crippen LogP contribution in [0.1, 0.15) is 57.8 Å². The summed E-state index contributed by atoms with van der Waals surface area (Å²) in [7, 11) is 0. The molecule has 1 amide bonds. The number of carbonyl (C=O) groups is 1. The van der Waals surface area contributed by atoms with Crippen molar-refractivity contribution >= 4 is 5.91 Å². The lowest BCUT2D eigenvalue weighted by Gasteiger charge is -2.34. The Morgan fingerprint density at radius 1 is 0.964 bits per heavy atom. The maximum atomic E-state index is 13.2. The van der Waals surface area contributed by atoms with Crippen molar-refractivity contribution in [1.29, 1.82) is 0 Å². The van der Waals surface area contributed by atoms with Crippen LogP contribution in [0.4, 0.5) is 0 Å². The standard InChI is InChI=1S/C24H33NO3/c26-24(15-19-9-3-1-4-10-19)25(16-20-11-5-2-6-12-20)17-21-18-27-22-13-7-8-14-23(22)28-21/h2,5,7-8,13-14,19-21H,1,3-4,6,9-12,15-18H2/t20-,21+/m0/s1. The van der Waals surface area contributed by atoms with E-state index >= 15 is 0 Å². The monoisotopic (exact) mass is 383 g/mol. The third kappa shape index (κ3) is 5.09. The molecule has 3 aliphatic rings. The molecule has 1 saturated carbocycles. The fourth-order valence-electron chi connectivity index (χ4n) is 4.78. The number of carbonyl (C=O) groups excluding carboxylic acids is 1. The molecule has 2 atom stereocenters. The number of nitrogens with zero attached hydrogens (tertiary/aromatic N) is 1. The van der Waals surface area contributed by atoms with E-state index in [0.29, 0.717) is 37.3 Å². The average Bonchev–Trinajstić information content (AvgIpc) is 2.74. The first-order valence-electron chi connectivity index (χ1n) is 11.1. The molecule has 0 unspecified atom stereocenters. The van der Waals surface area contributed by atoms with E-state index < -0.39 is 0 Å². The first-order valence-corrected chi connectivity index (χ1v) is 11.1. The predicted molar refractivity (Wildman–Crippen MR) is 111 cm³/mol. The third-order valence-corrected chi connectivity index (χ3v) is 6.39. The first kappa shape index (κ1) is 19.4. The van der Waals surface area contributed by atoms with E-state index in [-0.39, 0.29) is 6.10 Å². The molecule has 0 bridgehead atoms. The van der Waals surface area contributed by atoms with E-state index in [1.165, 1.54) is 38.5 Å². The van der Waals surface area contributed by atoms with Crippen LogP contribution in [0, 0.1) is 11.8 Å². The van der Waals surface area contributed by atoms with Gasteiger partial charge in [-0.1, -0.05) is 43.5 Å². The summed E-state index contributed by atoms with van der Waals surface area (Å²) >= 11 is 0. The van der Waals surface area contributed by atoms with Crippen molar-refractivity contribution in [3.05, 3.63) is 36.4 Å². The van der Waals surface area contributed by atoms with Crippen molar-refractivity contribution in [1.82, 2.24) is 4.90 Å². The van der Waals surface area contributed by atoms with Gasteiger partial charge < -0.3 is 14.4 Å². The Bertz CT molecular complexity index is 680. The van der Waals surface area contributed by atoms with Crippen LogP contribution >= 0.6 is 0 Å². The highest BCUT2D eigenvalue weighted by Crippen LogP contribution is 2.32.